The molecule has 0 saturated heterocycles. The lowest BCUT2D eigenvalue weighted by atomic mass is 10.00. The van der Waals surface area contributed by atoms with Gasteiger partial charge in [0.2, 0.25) is 0 Å². The minimum absolute atomic E-state index is 0. The molecule has 2 rings (SSSR count). The van der Waals surface area contributed by atoms with E-state index in [4.69, 9.17) is 0 Å². The minimum atomic E-state index is 0. The fourth-order valence-electron chi connectivity index (χ4n) is 2.52. The molecule has 1 aromatic heterocycles. The molecule has 0 aliphatic rings. The van der Waals surface area contributed by atoms with Gasteiger partial charge in [0, 0.05) is 24.7 Å². The largest absolute Gasteiger partial charge is 0.352 e. The van der Waals surface area contributed by atoms with Gasteiger partial charge in [-0.25, -0.2) is 4.98 Å². The van der Waals surface area contributed by atoms with E-state index < -0.39 is 0 Å². The zero-order valence-corrected chi connectivity index (χ0v) is 17.5. The molecule has 0 spiro atoms. The molecule has 0 saturated carbocycles. The van der Waals surface area contributed by atoms with Gasteiger partial charge in [-0.05, 0) is 44.4 Å². The van der Waals surface area contributed by atoms with Crippen molar-refractivity contribution in [2.45, 2.75) is 40.8 Å². The van der Waals surface area contributed by atoms with Gasteiger partial charge in [0.05, 0.1) is 6.54 Å². The highest BCUT2D eigenvalue weighted by Crippen LogP contribution is 2.16. The van der Waals surface area contributed by atoms with E-state index >= 15 is 0 Å². The Morgan fingerprint density at radius 3 is 2.22 bits per heavy atom. The summed E-state index contributed by atoms with van der Waals surface area (Å²) in [7, 11) is 1.79. The van der Waals surface area contributed by atoms with Gasteiger partial charge in [-0.15, -0.1) is 35.3 Å². The molecule has 2 N–H and O–H groups in total. The molecular formula is C17H25IN4S. The third-order valence-corrected chi connectivity index (χ3v) is 4.49. The summed E-state index contributed by atoms with van der Waals surface area (Å²) in [5, 5.41) is 7.76. The minimum Gasteiger partial charge on any atom is -0.352 e. The van der Waals surface area contributed by atoms with E-state index in [2.05, 4.69) is 60.4 Å². The zero-order chi connectivity index (χ0) is 16.1. The number of benzene rings is 1. The van der Waals surface area contributed by atoms with Gasteiger partial charge in [0.25, 0.3) is 0 Å². The maximum Gasteiger partial charge on any atom is 0.191 e. The molecule has 0 amide bonds. The fraction of sp³-hybridized carbons (Fsp3) is 0.412. The highest BCUT2D eigenvalue weighted by Gasteiger charge is 2.06. The number of rotatable bonds is 4. The van der Waals surface area contributed by atoms with Gasteiger partial charge in [0.1, 0.15) is 5.01 Å². The first-order valence-electron chi connectivity index (χ1n) is 7.42. The Balaban J connectivity index is 0.00000264. The summed E-state index contributed by atoms with van der Waals surface area (Å²) in [6.45, 7) is 9.99. The predicted octanol–water partition coefficient (Wildman–Crippen LogP) is 3.86. The van der Waals surface area contributed by atoms with E-state index in [9.17, 15) is 0 Å². The molecule has 1 heterocycles. The van der Waals surface area contributed by atoms with Crippen LogP contribution in [0, 0.1) is 27.7 Å². The van der Waals surface area contributed by atoms with E-state index in [1.165, 1.54) is 27.1 Å². The molecule has 0 fully saturated rings. The quantitative estimate of drug-likeness (QED) is 0.428. The molecule has 2 aromatic rings. The molecule has 0 radical (unpaired) electrons. The smallest absolute Gasteiger partial charge is 0.191 e. The second-order valence-electron chi connectivity index (χ2n) is 5.52. The van der Waals surface area contributed by atoms with Crippen LogP contribution in [0.4, 0.5) is 0 Å². The van der Waals surface area contributed by atoms with Gasteiger partial charge in [0.15, 0.2) is 5.96 Å². The maximum atomic E-state index is 4.35. The molecule has 6 heteroatoms. The van der Waals surface area contributed by atoms with Crippen LogP contribution < -0.4 is 10.6 Å². The standard InChI is InChI=1S/C17H24N4S.HI/c1-11-6-12(2)15(13(3)7-11)9-20-17(18-5)21-10-16-19-8-14(4)22-16;/h6-8H,9-10H2,1-5H3,(H2,18,20,21);1H. The number of nitrogens with one attached hydrogen (secondary N) is 2. The fourth-order valence-corrected chi connectivity index (χ4v) is 3.25. The van der Waals surface area contributed by atoms with Crippen LogP contribution in [0.5, 0.6) is 0 Å². The summed E-state index contributed by atoms with van der Waals surface area (Å²) in [4.78, 5) is 9.85. The Morgan fingerprint density at radius 1 is 1.09 bits per heavy atom. The van der Waals surface area contributed by atoms with E-state index in [-0.39, 0.29) is 24.0 Å². The zero-order valence-electron chi connectivity index (χ0n) is 14.4. The van der Waals surface area contributed by atoms with E-state index in [1.807, 2.05) is 6.20 Å². The Labute approximate surface area is 159 Å². The lowest BCUT2D eigenvalue weighted by Gasteiger charge is -2.15. The molecule has 0 atom stereocenters. The second kappa shape index (κ2) is 9.22. The Hall–Kier alpha value is -1.15. The maximum absolute atomic E-state index is 4.35. The average Bonchev–Trinajstić information content (AvgIpc) is 2.86. The van der Waals surface area contributed by atoms with E-state index in [1.54, 1.807) is 18.4 Å². The molecule has 0 bridgehead atoms. The van der Waals surface area contributed by atoms with Crippen LogP contribution in [-0.2, 0) is 13.1 Å². The third kappa shape index (κ3) is 5.76. The van der Waals surface area contributed by atoms with Crippen molar-refractivity contribution in [2.24, 2.45) is 4.99 Å². The lowest BCUT2D eigenvalue weighted by molar-refractivity contribution is 0.799. The Bertz CT molecular complexity index is 656. The Kier molecular flexibility index (Phi) is 7.98. The molecular weight excluding hydrogens is 419 g/mol. The number of aryl methyl sites for hydroxylation is 4. The van der Waals surface area contributed by atoms with Crippen molar-refractivity contribution >= 4 is 41.3 Å². The number of aromatic nitrogens is 1. The first kappa shape index (κ1) is 19.9. The first-order chi connectivity index (χ1) is 10.5. The number of thiazole rings is 1. The summed E-state index contributed by atoms with van der Waals surface area (Å²) in [6, 6.07) is 4.44. The van der Waals surface area contributed by atoms with Gasteiger partial charge in [-0.3, -0.25) is 4.99 Å². The number of nitrogens with zero attached hydrogens (tertiary/aromatic N) is 2. The van der Waals surface area contributed by atoms with Crippen LogP contribution in [-0.4, -0.2) is 18.0 Å². The molecule has 4 nitrogen and oxygen atoms in total. The first-order valence-corrected chi connectivity index (χ1v) is 8.23. The normalized spacial score (nSPS) is 11.1. The van der Waals surface area contributed by atoms with Crippen LogP contribution >= 0.6 is 35.3 Å². The lowest BCUT2D eigenvalue weighted by Crippen LogP contribution is -2.36. The number of guanidine groups is 1. The number of aliphatic imine (C=N–C) groups is 1. The van der Waals surface area contributed by atoms with Gasteiger partial charge in [-0.2, -0.15) is 0 Å². The van der Waals surface area contributed by atoms with Gasteiger partial charge in [-0.1, -0.05) is 17.7 Å². The van der Waals surface area contributed by atoms with E-state index in [0.717, 1.165) is 17.5 Å². The predicted molar refractivity (Wildman–Crippen MR) is 110 cm³/mol. The number of hydrogen-bond donors (Lipinski definition) is 2. The van der Waals surface area contributed by atoms with Crippen molar-refractivity contribution in [3.05, 3.63) is 50.5 Å². The highest BCUT2D eigenvalue weighted by atomic mass is 127. The summed E-state index contributed by atoms with van der Waals surface area (Å²) in [5.41, 5.74) is 5.27. The summed E-state index contributed by atoms with van der Waals surface area (Å²) < 4.78 is 0. The van der Waals surface area contributed by atoms with Crippen molar-refractivity contribution < 1.29 is 0 Å². The highest BCUT2D eigenvalue weighted by molar-refractivity contribution is 14.0. The summed E-state index contributed by atoms with van der Waals surface area (Å²) in [6.07, 6.45) is 1.90. The molecule has 0 aliphatic heterocycles. The van der Waals surface area contributed by atoms with Crippen molar-refractivity contribution in [1.82, 2.24) is 15.6 Å². The second-order valence-corrected chi connectivity index (χ2v) is 6.84. The molecule has 0 aliphatic carbocycles. The SMILES string of the molecule is CN=C(NCc1ncc(C)s1)NCc1c(C)cc(C)cc1C.I. The number of halogens is 1. The van der Waals surface area contributed by atoms with Crippen molar-refractivity contribution in [1.29, 1.82) is 0 Å². The van der Waals surface area contributed by atoms with Crippen LogP contribution in [0.25, 0.3) is 0 Å². The average molecular weight is 444 g/mol. The van der Waals surface area contributed by atoms with Crippen LogP contribution in [0.15, 0.2) is 23.3 Å². The number of hydrogen-bond acceptors (Lipinski definition) is 3. The van der Waals surface area contributed by atoms with Gasteiger partial charge < -0.3 is 10.6 Å². The van der Waals surface area contributed by atoms with Crippen LogP contribution in [0.1, 0.15) is 32.1 Å². The summed E-state index contributed by atoms with van der Waals surface area (Å²) in [5.74, 6) is 0.798. The van der Waals surface area contributed by atoms with E-state index in [0.29, 0.717) is 6.54 Å². The Morgan fingerprint density at radius 2 is 1.70 bits per heavy atom. The van der Waals surface area contributed by atoms with Crippen molar-refractivity contribution in [3.63, 3.8) is 0 Å². The van der Waals surface area contributed by atoms with Crippen LogP contribution in [0.2, 0.25) is 0 Å². The summed E-state index contributed by atoms with van der Waals surface area (Å²) >= 11 is 1.70. The van der Waals surface area contributed by atoms with Crippen molar-refractivity contribution in [3.8, 4) is 0 Å². The van der Waals surface area contributed by atoms with Crippen LogP contribution in [0.3, 0.4) is 0 Å². The molecule has 126 valence electrons. The topological polar surface area (TPSA) is 49.3 Å². The third-order valence-electron chi connectivity index (χ3n) is 3.57. The van der Waals surface area contributed by atoms with Gasteiger partial charge >= 0.3 is 0 Å². The molecule has 23 heavy (non-hydrogen) atoms. The monoisotopic (exact) mass is 444 g/mol. The molecule has 1 aromatic carbocycles. The molecule has 0 unspecified atom stereocenters. The van der Waals surface area contributed by atoms with Crippen molar-refractivity contribution in [2.75, 3.05) is 7.05 Å².